The Kier molecular flexibility index (Phi) is 3.99. The maximum absolute atomic E-state index is 12.7. The number of carbonyl (C=O) groups is 1. The molecular weight excluding hydrogens is 302 g/mol. The van der Waals surface area contributed by atoms with Crippen molar-refractivity contribution in [3.63, 3.8) is 0 Å². The molecule has 1 fully saturated rings. The molecule has 1 heterocycles. The number of nitrogens with zero attached hydrogens (tertiary/aromatic N) is 1. The van der Waals surface area contributed by atoms with Gasteiger partial charge in [-0.3, -0.25) is 4.79 Å². The predicted molar refractivity (Wildman–Crippen MR) is 84.4 cm³/mol. The summed E-state index contributed by atoms with van der Waals surface area (Å²) in [7, 11) is -3.06. The number of rotatable bonds is 4. The molecule has 0 N–H and O–H groups in total. The molecule has 120 valence electrons. The lowest BCUT2D eigenvalue weighted by atomic mass is 10.0. The van der Waals surface area contributed by atoms with E-state index in [9.17, 15) is 13.2 Å². The molecule has 0 unspecified atom stereocenters. The second kappa shape index (κ2) is 5.66. The molecule has 1 aliphatic carbocycles. The summed E-state index contributed by atoms with van der Waals surface area (Å²) in [5, 5.41) is 0. The molecule has 22 heavy (non-hydrogen) atoms. The third-order valence-corrected chi connectivity index (χ3v) is 5.49. The molecule has 0 spiro atoms. The van der Waals surface area contributed by atoms with Crippen molar-refractivity contribution in [2.24, 2.45) is 5.41 Å². The fourth-order valence-electron chi connectivity index (χ4n) is 3.14. The standard InChI is InChI=1S/C16H21NO4S/c1-22(19,20)12-16(6-7-16)10-15(18)17-8-9-21-11-13-4-2-3-5-14(13)17/h2-5H,6-12H2,1H3. The molecule has 0 saturated heterocycles. The fraction of sp³-hybridized carbons (Fsp3) is 0.562. The molecule has 0 bridgehead atoms. The van der Waals surface area contributed by atoms with Gasteiger partial charge in [0.25, 0.3) is 0 Å². The van der Waals surface area contributed by atoms with Crippen molar-refractivity contribution in [3.8, 4) is 0 Å². The van der Waals surface area contributed by atoms with Crippen LogP contribution in [0.25, 0.3) is 0 Å². The number of benzene rings is 1. The quantitative estimate of drug-likeness (QED) is 0.847. The van der Waals surface area contributed by atoms with Crippen LogP contribution in [-0.4, -0.2) is 39.5 Å². The van der Waals surface area contributed by atoms with Crippen molar-refractivity contribution in [1.82, 2.24) is 0 Å². The zero-order valence-corrected chi connectivity index (χ0v) is 13.6. The summed E-state index contributed by atoms with van der Waals surface area (Å²) in [5.74, 6) is 0.108. The molecule has 0 aromatic heterocycles. The Bertz CT molecular complexity index is 679. The van der Waals surface area contributed by atoms with E-state index in [1.54, 1.807) is 4.90 Å². The molecular formula is C16H21NO4S. The minimum absolute atomic E-state index is 0.000833. The number of sulfone groups is 1. The van der Waals surface area contributed by atoms with Gasteiger partial charge in [0, 0.05) is 30.5 Å². The number of para-hydroxylation sites is 1. The number of fused-ring (bicyclic) bond motifs is 1. The molecule has 1 aliphatic heterocycles. The molecule has 3 rings (SSSR count). The van der Waals surface area contributed by atoms with E-state index >= 15 is 0 Å². The summed E-state index contributed by atoms with van der Waals surface area (Å²) in [6.07, 6.45) is 3.18. The largest absolute Gasteiger partial charge is 0.375 e. The molecule has 1 aromatic carbocycles. The monoisotopic (exact) mass is 323 g/mol. The van der Waals surface area contributed by atoms with Crippen LogP contribution in [-0.2, 0) is 26.0 Å². The summed E-state index contributed by atoms with van der Waals surface area (Å²) >= 11 is 0. The van der Waals surface area contributed by atoms with Crippen LogP contribution in [0, 0.1) is 5.41 Å². The highest BCUT2D eigenvalue weighted by Gasteiger charge is 2.47. The average molecular weight is 323 g/mol. The van der Waals surface area contributed by atoms with Crippen LogP contribution < -0.4 is 4.90 Å². The highest BCUT2D eigenvalue weighted by atomic mass is 32.2. The smallest absolute Gasteiger partial charge is 0.227 e. The maximum Gasteiger partial charge on any atom is 0.227 e. The first-order chi connectivity index (χ1) is 10.4. The SMILES string of the molecule is CS(=O)(=O)CC1(CC(=O)N2CCOCc3ccccc32)CC1. The Balaban J connectivity index is 1.78. The van der Waals surface area contributed by atoms with E-state index in [4.69, 9.17) is 4.74 Å². The van der Waals surface area contributed by atoms with Crippen LogP contribution in [0.1, 0.15) is 24.8 Å². The minimum Gasteiger partial charge on any atom is -0.375 e. The van der Waals surface area contributed by atoms with Crippen LogP contribution in [0.3, 0.4) is 0 Å². The highest BCUT2D eigenvalue weighted by Crippen LogP contribution is 2.50. The predicted octanol–water partition coefficient (Wildman–Crippen LogP) is 1.76. The first kappa shape index (κ1) is 15.5. The first-order valence-electron chi connectivity index (χ1n) is 7.52. The van der Waals surface area contributed by atoms with Gasteiger partial charge in [-0.15, -0.1) is 0 Å². The Morgan fingerprint density at radius 1 is 1.32 bits per heavy atom. The van der Waals surface area contributed by atoms with Gasteiger partial charge in [0.1, 0.15) is 9.84 Å². The first-order valence-corrected chi connectivity index (χ1v) is 9.58. The van der Waals surface area contributed by atoms with Gasteiger partial charge >= 0.3 is 0 Å². The highest BCUT2D eigenvalue weighted by molar-refractivity contribution is 7.90. The zero-order chi connectivity index (χ0) is 15.8. The lowest BCUT2D eigenvalue weighted by Crippen LogP contribution is -2.36. The third-order valence-electron chi connectivity index (χ3n) is 4.35. The van der Waals surface area contributed by atoms with Gasteiger partial charge < -0.3 is 9.64 Å². The Labute approximate surface area is 131 Å². The van der Waals surface area contributed by atoms with E-state index in [1.165, 1.54) is 6.26 Å². The molecule has 0 radical (unpaired) electrons. The molecule has 6 heteroatoms. The van der Waals surface area contributed by atoms with Gasteiger partial charge in [-0.2, -0.15) is 0 Å². The molecule has 5 nitrogen and oxygen atoms in total. The zero-order valence-electron chi connectivity index (χ0n) is 12.7. The van der Waals surface area contributed by atoms with E-state index in [2.05, 4.69) is 0 Å². The molecule has 2 aliphatic rings. The second-order valence-electron chi connectivity index (χ2n) is 6.47. The summed E-state index contributed by atoms with van der Waals surface area (Å²) in [6.45, 7) is 1.53. The van der Waals surface area contributed by atoms with Gasteiger partial charge in [-0.1, -0.05) is 18.2 Å². The minimum atomic E-state index is -3.06. The average Bonchev–Trinajstić information content (AvgIpc) is 3.19. The van der Waals surface area contributed by atoms with E-state index in [-0.39, 0.29) is 17.1 Å². The van der Waals surface area contributed by atoms with Crippen LogP contribution in [0.15, 0.2) is 24.3 Å². The van der Waals surface area contributed by atoms with Crippen LogP contribution in [0.4, 0.5) is 5.69 Å². The van der Waals surface area contributed by atoms with E-state index in [0.717, 1.165) is 24.1 Å². The third kappa shape index (κ3) is 3.50. The van der Waals surface area contributed by atoms with E-state index < -0.39 is 9.84 Å². The molecule has 0 atom stereocenters. The fourth-order valence-corrected chi connectivity index (χ4v) is 4.64. The second-order valence-corrected chi connectivity index (χ2v) is 8.61. The topological polar surface area (TPSA) is 63.7 Å². The van der Waals surface area contributed by atoms with E-state index in [1.807, 2.05) is 24.3 Å². The van der Waals surface area contributed by atoms with Gasteiger partial charge in [0.05, 0.1) is 19.0 Å². The van der Waals surface area contributed by atoms with Gasteiger partial charge in [0.15, 0.2) is 0 Å². The number of anilines is 1. The summed E-state index contributed by atoms with van der Waals surface area (Å²) in [4.78, 5) is 14.5. The van der Waals surface area contributed by atoms with Crippen LogP contribution in [0.5, 0.6) is 0 Å². The van der Waals surface area contributed by atoms with E-state index in [0.29, 0.717) is 26.2 Å². The summed E-state index contributed by atoms with van der Waals surface area (Å²) in [6, 6.07) is 7.73. The number of amides is 1. The molecule has 1 aromatic rings. The van der Waals surface area contributed by atoms with Crippen molar-refractivity contribution in [2.75, 3.05) is 30.1 Å². The number of carbonyl (C=O) groups excluding carboxylic acids is 1. The van der Waals surface area contributed by atoms with Crippen LogP contribution >= 0.6 is 0 Å². The number of hydrogen-bond donors (Lipinski definition) is 0. The van der Waals surface area contributed by atoms with Crippen molar-refractivity contribution < 1.29 is 17.9 Å². The number of ether oxygens (including phenoxy) is 1. The molecule has 1 saturated carbocycles. The lowest BCUT2D eigenvalue weighted by molar-refractivity contribution is -0.119. The van der Waals surface area contributed by atoms with Gasteiger partial charge in [-0.25, -0.2) is 8.42 Å². The Morgan fingerprint density at radius 3 is 2.73 bits per heavy atom. The van der Waals surface area contributed by atoms with Crippen molar-refractivity contribution in [2.45, 2.75) is 25.9 Å². The maximum atomic E-state index is 12.7. The Morgan fingerprint density at radius 2 is 2.05 bits per heavy atom. The van der Waals surface area contributed by atoms with Gasteiger partial charge in [0.2, 0.25) is 5.91 Å². The summed E-state index contributed by atoms with van der Waals surface area (Å²) < 4.78 is 28.6. The summed E-state index contributed by atoms with van der Waals surface area (Å²) in [5.41, 5.74) is 1.55. The van der Waals surface area contributed by atoms with Crippen molar-refractivity contribution in [1.29, 1.82) is 0 Å². The number of hydrogen-bond acceptors (Lipinski definition) is 4. The Hall–Kier alpha value is -1.40. The van der Waals surface area contributed by atoms with Gasteiger partial charge in [-0.05, 0) is 24.3 Å². The normalized spacial score (nSPS) is 20.1. The van der Waals surface area contributed by atoms with Crippen molar-refractivity contribution >= 4 is 21.4 Å². The van der Waals surface area contributed by atoms with Crippen molar-refractivity contribution in [3.05, 3.63) is 29.8 Å². The van der Waals surface area contributed by atoms with Crippen LogP contribution in [0.2, 0.25) is 0 Å². The lowest BCUT2D eigenvalue weighted by Gasteiger charge is -2.24. The molecule has 1 amide bonds.